The molecule has 1 spiro atoms. The normalized spacial score (nSPS) is 21.2. The van der Waals surface area contributed by atoms with E-state index in [2.05, 4.69) is 10.1 Å². The number of carbonyl (C=O) groups excluding carboxylic acids is 1. The van der Waals surface area contributed by atoms with Crippen LogP contribution in [0.15, 0.2) is 42.5 Å². The number of benzene rings is 2. The molecule has 1 atom stereocenters. The van der Waals surface area contributed by atoms with Crippen molar-refractivity contribution in [3.63, 3.8) is 0 Å². The van der Waals surface area contributed by atoms with Crippen LogP contribution in [0.5, 0.6) is 5.75 Å². The van der Waals surface area contributed by atoms with Crippen LogP contribution in [0.25, 0.3) is 11.1 Å². The van der Waals surface area contributed by atoms with Crippen LogP contribution in [0.3, 0.4) is 0 Å². The number of ether oxygens (including phenoxy) is 1. The zero-order valence-corrected chi connectivity index (χ0v) is 14.7. The van der Waals surface area contributed by atoms with E-state index in [1.54, 1.807) is 6.07 Å². The molecule has 0 radical (unpaired) electrons. The summed E-state index contributed by atoms with van der Waals surface area (Å²) in [5, 5.41) is 12.3. The summed E-state index contributed by atoms with van der Waals surface area (Å²) >= 11 is 0. The Morgan fingerprint density at radius 1 is 1.18 bits per heavy atom. The molecule has 5 nitrogen and oxygen atoms in total. The van der Waals surface area contributed by atoms with Crippen LogP contribution in [-0.4, -0.2) is 30.3 Å². The predicted molar refractivity (Wildman–Crippen MR) is 95.1 cm³/mol. The van der Waals surface area contributed by atoms with Gasteiger partial charge in [0, 0.05) is 18.8 Å². The van der Waals surface area contributed by atoms with E-state index < -0.39 is 11.8 Å². The third kappa shape index (κ3) is 3.24. The van der Waals surface area contributed by atoms with Gasteiger partial charge >= 0.3 is 6.36 Å². The lowest BCUT2D eigenvalue weighted by Gasteiger charge is -2.33. The number of hydrogen-bond acceptors (Lipinski definition) is 4. The summed E-state index contributed by atoms with van der Waals surface area (Å²) in [6.07, 6.45) is -1.67. The van der Waals surface area contributed by atoms with E-state index in [0.717, 1.165) is 16.8 Å². The number of nitrogens with one attached hydrogen (secondary N) is 1. The van der Waals surface area contributed by atoms with Gasteiger partial charge in [0.25, 0.3) is 0 Å². The van der Waals surface area contributed by atoms with Crippen molar-refractivity contribution in [3.05, 3.63) is 48.0 Å². The number of nitriles is 1. The molecule has 2 aromatic rings. The Kier molecular flexibility index (Phi) is 4.18. The van der Waals surface area contributed by atoms with E-state index in [4.69, 9.17) is 5.26 Å². The van der Waals surface area contributed by atoms with Crippen LogP contribution in [0.1, 0.15) is 12.0 Å². The topological polar surface area (TPSA) is 65.4 Å². The fourth-order valence-electron chi connectivity index (χ4n) is 3.88. The molecular formula is C20H16F3N3O2. The third-order valence-corrected chi connectivity index (χ3v) is 5.29. The van der Waals surface area contributed by atoms with E-state index >= 15 is 0 Å². The highest BCUT2D eigenvalue weighted by Gasteiger charge is 2.48. The van der Waals surface area contributed by atoms with Crippen molar-refractivity contribution >= 4 is 11.6 Å². The van der Waals surface area contributed by atoms with E-state index in [-0.39, 0.29) is 11.7 Å². The van der Waals surface area contributed by atoms with E-state index in [1.807, 2.05) is 24.4 Å². The highest BCUT2D eigenvalue weighted by Crippen LogP contribution is 2.42. The van der Waals surface area contributed by atoms with Crippen LogP contribution in [0.4, 0.5) is 18.9 Å². The number of anilines is 1. The Labute approximate surface area is 159 Å². The number of amides is 1. The molecule has 4 rings (SSSR count). The number of hydrogen-bond donors (Lipinski definition) is 1. The summed E-state index contributed by atoms with van der Waals surface area (Å²) < 4.78 is 41.3. The van der Waals surface area contributed by atoms with Crippen molar-refractivity contribution in [1.82, 2.24) is 4.90 Å². The van der Waals surface area contributed by atoms with Gasteiger partial charge in [-0.3, -0.25) is 4.79 Å². The van der Waals surface area contributed by atoms with E-state index in [0.29, 0.717) is 31.5 Å². The molecule has 144 valence electrons. The Balaban J connectivity index is 1.59. The van der Waals surface area contributed by atoms with E-state index in [9.17, 15) is 18.0 Å². The maximum absolute atomic E-state index is 12.5. The SMILES string of the molecule is N#CN1CCC2(CNc3cc(-c4cccc(OC(F)(F)F)c4)ccc3C2)C1=O. The van der Waals surface area contributed by atoms with Crippen LogP contribution in [0.2, 0.25) is 0 Å². The molecule has 8 heteroatoms. The fourth-order valence-corrected chi connectivity index (χ4v) is 3.88. The third-order valence-electron chi connectivity index (χ3n) is 5.29. The molecule has 1 saturated heterocycles. The summed E-state index contributed by atoms with van der Waals surface area (Å²) in [4.78, 5) is 13.7. The first kappa shape index (κ1) is 18.2. The summed E-state index contributed by atoms with van der Waals surface area (Å²) in [5.41, 5.74) is 2.52. The molecule has 1 fully saturated rings. The number of rotatable bonds is 2. The quantitative estimate of drug-likeness (QED) is 0.794. The van der Waals surface area contributed by atoms with Gasteiger partial charge in [0.2, 0.25) is 5.91 Å². The first-order valence-electron chi connectivity index (χ1n) is 8.74. The lowest BCUT2D eigenvalue weighted by molar-refractivity contribution is -0.274. The molecule has 2 aliphatic heterocycles. The van der Waals surface area contributed by atoms with Crippen LogP contribution in [-0.2, 0) is 11.2 Å². The second-order valence-electron chi connectivity index (χ2n) is 7.07. The Bertz CT molecular complexity index is 983. The van der Waals surface area contributed by atoms with Gasteiger partial charge < -0.3 is 10.1 Å². The maximum Gasteiger partial charge on any atom is 0.573 e. The average Bonchev–Trinajstić information content (AvgIpc) is 2.95. The van der Waals surface area contributed by atoms with Gasteiger partial charge in [-0.05, 0) is 47.7 Å². The lowest BCUT2D eigenvalue weighted by Crippen LogP contribution is -2.42. The van der Waals surface area contributed by atoms with Crippen molar-refractivity contribution in [2.24, 2.45) is 5.41 Å². The van der Waals surface area contributed by atoms with Crippen molar-refractivity contribution < 1.29 is 22.7 Å². The first-order valence-corrected chi connectivity index (χ1v) is 8.74. The standard InChI is InChI=1S/C20H16F3N3O2/c21-20(22,23)28-16-3-1-2-13(8-16)14-4-5-15-10-19(11-25-17(15)9-14)6-7-26(12-24)18(19)27/h1-5,8-9,25H,6-7,10-11H2. The lowest BCUT2D eigenvalue weighted by atomic mass is 9.77. The molecule has 28 heavy (non-hydrogen) atoms. The number of likely N-dealkylation sites (tertiary alicyclic amines) is 1. The number of fused-ring (bicyclic) bond motifs is 1. The molecule has 1 N–H and O–H groups in total. The Morgan fingerprint density at radius 3 is 2.68 bits per heavy atom. The van der Waals surface area contributed by atoms with Crippen molar-refractivity contribution in [2.75, 3.05) is 18.4 Å². The second-order valence-corrected chi connectivity index (χ2v) is 7.07. The maximum atomic E-state index is 12.5. The molecule has 0 saturated carbocycles. The molecule has 0 aromatic heterocycles. The van der Waals surface area contributed by atoms with Crippen molar-refractivity contribution in [3.8, 4) is 23.1 Å². The number of alkyl halides is 3. The van der Waals surface area contributed by atoms with Crippen molar-refractivity contribution in [1.29, 1.82) is 5.26 Å². The van der Waals surface area contributed by atoms with Gasteiger partial charge in [-0.1, -0.05) is 24.3 Å². The predicted octanol–water partition coefficient (Wildman–Crippen LogP) is 3.92. The summed E-state index contributed by atoms with van der Waals surface area (Å²) in [5.74, 6) is -0.433. The van der Waals surface area contributed by atoms with E-state index in [1.165, 1.54) is 23.1 Å². The van der Waals surface area contributed by atoms with Gasteiger partial charge in [0.05, 0.1) is 5.41 Å². The fraction of sp³-hybridized carbons (Fsp3) is 0.300. The minimum atomic E-state index is -4.74. The number of halogens is 3. The minimum absolute atomic E-state index is 0.158. The Hall–Kier alpha value is -3.21. The number of nitrogens with zero attached hydrogens (tertiary/aromatic N) is 2. The van der Waals surface area contributed by atoms with Gasteiger partial charge in [-0.2, -0.15) is 5.26 Å². The van der Waals surface area contributed by atoms with Gasteiger partial charge in [0.15, 0.2) is 6.19 Å². The molecule has 1 unspecified atom stereocenters. The largest absolute Gasteiger partial charge is 0.573 e. The molecule has 0 aliphatic carbocycles. The summed E-state index contributed by atoms with van der Waals surface area (Å²) in [7, 11) is 0. The van der Waals surface area contributed by atoms with Crippen LogP contribution < -0.4 is 10.1 Å². The van der Waals surface area contributed by atoms with Gasteiger partial charge in [-0.25, -0.2) is 4.90 Å². The highest BCUT2D eigenvalue weighted by atomic mass is 19.4. The average molecular weight is 387 g/mol. The highest BCUT2D eigenvalue weighted by molar-refractivity contribution is 5.88. The molecule has 0 bridgehead atoms. The molecule has 2 aliphatic rings. The second kappa shape index (κ2) is 6.44. The first-order chi connectivity index (χ1) is 13.3. The minimum Gasteiger partial charge on any atom is -0.406 e. The van der Waals surface area contributed by atoms with Crippen molar-refractivity contribution in [2.45, 2.75) is 19.2 Å². The summed E-state index contributed by atoms with van der Waals surface area (Å²) in [6.45, 7) is 0.855. The molecule has 2 heterocycles. The van der Waals surface area contributed by atoms with Crippen LogP contribution in [0, 0.1) is 16.9 Å². The monoisotopic (exact) mass is 387 g/mol. The van der Waals surface area contributed by atoms with Crippen LogP contribution >= 0.6 is 0 Å². The number of carbonyl (C=O) groups is 1. The Morgan fingerprint density at radius 2 is 1.96 bits per heavy atom. The molecular weight excluding hydrogens is 371 g/mol. The molecule has 1 amide bonds. The molecule has 2 aromatic carbocycles. The van der Waals surface area contributed by atoms with Gasteiger partial charge in [0.1, 0.15) is 5.75 Å². The zero-order chi connectivity index (χ0) is 19.9. The smallest absolute Gasteiger partial charge is 0.406 e. The summed E-state index contributed by atoms with van der Waals surface area (Å²) in [6, 6.07) is 11.4. The van der Waals surface area contributed by atoms with Gasteiger partial charge in [-0.15, -0.1) is 13.2 Å². The zero-order valence-electron chi connectivity index (χ0n) is 14.7.